The molecular formula is C23H19ClFN5O4S. The SMILES string of the molecule is CS(=O)(=O)Nc1cc(Cl)cc(NC(=O)c2cnn(-c3ncccc3OCc3ccccc3F)c2)c1. The number of pyridine rings is 1. The maximum atomic E-state index is 13.9. The molecule has 35 heavy (non-hydrogen) atoms. The Balaban J connectivity index is 1.51. The summed E-state index contributed by atoms with van der Waals surface area (Å²) in [6.07, 6.45) is 5.33. The number of aromatic nitrogens is 3. The lowest BCUT2D eigenvalue weighted by Crippen LogP contribution is -2.13. The summed E-state index contributed by atoms with van der Waals surface area (Å²) in [7, 11) is -3.52. The molecule has 2 aromatic heterocycles. The molecule has 2 N–H and O–H groups in total. The number of halogens is 2. The number of rotatable bonds is 8. The first-order valence-electron chi connectivity index (χ1n) is 10.1. The van der Waals surface area contributed by atoms with Crippen molar-refractivity contribution in [1.82, 2.24) is 14.8 Å². The molecule has 9 nitrogen and oxygen atoms in total. The molecule has 0 aliphatic heterocycles. The van der Waals surface area contributed by atoms with E-state index in [0.29, 0.717) is 17.1 Å². The van der Waals surface area contributed by atoms with Gasteiger partial charge in [0.15, 0.2) is 11.6 Å². The van der Waals surface area contributed by atoms with Crippen molar-refractivity contribution in [2.75, 3.05) is 16.3 Å². The van der Waals surface area contributed by atoms with Crippen molar-refractivity contribution in [2.24, 2.45) is 0 Å². The first-order chi connectivity index (χ1) is 16.7. The lowest BCUT2D eigenvalue weighted by atomic mass is 10.2. The maximum Gasteiger partial charge on any atom is 0.258 e. The molecule has 0 saturated carbocycles. The average molecular weight is 516 g/mol. The number of anilines is 2. The molecule has 180 valence electrons. The van der Waals surface area contributed by atoms with Gasteiger partial charge in [0.05, 0.1) is 23.7 Å². The maximum absolute atomic E-state index is 13.9. The first-order valence-corrected chi connectivity index (χ1v) is 12.4. The van der Waals surface area contributed by atoms with Gasteiger partial charge < -0.3 is 10.1 Å². The monoisotopic (exact) mass is 515 g/mol. The van der Waals surface area contributed by atoms with Crippen molar-refractivity contribution in [3.63, 3.8) is 0 Å². The smallest absolute Gasteiger partial charge is 0.258 e. The summed E-state index contributed by atoms with van der Waals surface area (Å²) in [4.78, 5) is 17.0. The molecule has 2 aromatic carbocycles. The number of hydrogen-bond donors (Lipinski definition) is 2. The third-order valence-corrected chi connectivity index (χ3v) is 5.44. The molecular weight excluding hydrogens is 497 g/mol. The highest BCUT2D eigenvalue weighted by molar-refractivity contribution is 7.92. The van der Waals surface area contributed by atoms with Gasteiger partial charge in [-0.05, 0) is 36.4 Å². The van der Waals surface area contributed by atoms with Gasteiger partial charge in [0.2, 0.25) is 10.0 Å². The minimum absolute atomic E-state index is 0.0153. The molecule has 4 rings (SSSR count). The van der Waals surface area contributed by atoms with Crippen molar-refractivity contribution < 1.29 is 22.3 Å². The molecule has 0 spiro atoms. The van der Waals surface area contributed by atoms with E-state index < -0.39 is 15.9 Å². The fraction of sp³-hybridized carbons (Fsp3) is 0.0870. The number of hydrogen-bond acceptors (Lipinski definition) is 6. The van der Waals surface area contributed by atoms with E-state index in [9.17, 15) is 17.6 Å². The average Bonchev–Trinajstić information content (AvgIpc) is 3.27. The fourth-order valence-electron chi connectivity index (χ4n) is 3.13. The van der Waals surface area contributed by atoms with Gasteiger partial charge in [0.25, 0.3) is 5.91 Å². The highest BCUT2D eigenvalue weighted by Gasteiger charge is 2.15. The van der Waals surface area contributed by atoms with E-state index in [4.69, 9.17) is 16.3 Å². The van der Waals surface area contributed by atoms with Gasteiger partial charge in [-0.25, -0.2) is 22.5 Å². The van der Waals surface area contributed by atoms with Crippen molar-refractivity contribution >= 4 is 38.9 Å². The number of benzene rings is 2. The molecule has 0 fully saturated rings. The predicted octanol–water partition coefficient (Wildman–Crippen LogP) is 4.26. The molecule has 2 heterocycles. The largest absolute Gasteiger partial charge is 0.485 e. The molecule has 0 atom stereocenters. The van der Waals surface area contributed by atoms with E-state index in [1.807, 2.05) is 0 Å². The van der Waals surface area contributed by atoms with Crippen LogP contribution in [0.1, 0.15) is 15.9 Å². The third-order valence-electron chi connectivity index (χ3n) is 4.61. The van der Waals surface area contributed by atoms with Crippen LogP contribution in [0, 0.1) is 5.82 Å². The fourth-order valence-corrected chi connectivity index (χ4v) is 3.91. The van der Waals surface area contributed by atoms with Gasteiger partial charge >= 0.3 is 0 Å². The Labute approximate surface area is 205 Å². The number of ether oxygens (including phenoxy) is 1. The molecule has 0 saturated heterocycles. The van der Waals surface area contributed by atoms with Gasteiger partial charge in [0.1, 0.15) is 12.4 Å². The Hall–Kier alpha value is -3.96. The standard InChI is InChI=1S/C23H19ClFN5O4S/c1-35(32,33)29-19-10-17(24)9-18(11-19)28-23(31)16-12-27-30(13-16)22-21(7-4-8-26-22)34-14-15-5-2-3-6-20(15)25/h2-13,29H,14H2,1H3,(H,28,31). The van der Waals surface area contributed by atoms with Crippen LogP contribution >= 0.6 is 11.6 Å². The molecule has 0 aliphatic carbocycles. The number of nitrogens with one attached hydrogen (secondary N) is 2. The topological polar surface area (TPSA) is 115 Å². The Morgan fingerprint density at radius 1 is 1.14 bits per heavy atom. The van der Waals surface area contributed by atoms with Crippen molar-refractivity contribution in [1.29, 1.82) is 0 Å². The molecule has 12 heteroatoms. The second-order valence-corrected chi connectivity index (χ2v) is 9.62. The van der Waals surface area contributed by atoms with Gasteiger partial charge in [-0.1, -0.05) is 29.8 Å². The Kier molecular flexibility index (Phi) is 6.99. The summed E-state index contributed by atoms with van der Waals surface area (Å²) in [5.41, 5.74) is 1.08. The molecule has 0 aliphatic rings. The van der Waals surface area contributed by atoms with Crippen molar-refractivity contribution in [2.45, 2.75) is 6.61 Å². The zero-order valence-corrected chi connectivity index (χ0v) is 19.8. The van der Waals surface area contributed by atoms with E-state index in [-0.39, 0.29) is 34.4 Å². The second kappa shape index (κ2) is 10.1. The summed E-state index contributed by atoms with van der Waals surface area (Å²) < 4.78 is 46.3. The van der Waals surface area contributed by atoms with Crippen LogP contribution in [0.4, 0.5) is 15.8 Å². The highest BCUT2D eigenvalue weighted by Crippen LogP contribution is 2.25. The van der Waals surface area contributed by atoms with Gasteiger partial charge in [-0.15, -0.1) is 0 Å². The molecule has 1 amide bonds. The van der Waals surface area contributed by atoms with Crippen LogP contribution in [0.2, 0.25) is 5.02 Å². The quantitative estimate of drug-likeness (QED) is 0.362. The summed E-state index contributed by atoms with van der Waals surface area (Å²) >= 11 is 6.05. The van der Waals surface area contributed by atoms with Crippen LogP contribution in [-0.2, 0) is 16.6 Å². The molecule has 0 bridgehead atoms. The third kappa shape index (κ3) is 6.34. The lowest BCUT2D eigenvalue weighted by Gasteiger charge is -2.11. The zero-order valence-electron chi connectivity index (χ0n) is 18.3. The zero-order chi connectivity index (χ0) is 25.0. The normalized spacial score (nSPS) is 11.2. The van der Waals surface area contributed by atoms with Crippen LogP contribution in [0.5, 0.6) is 5.75 Å². The summed E-state index contributed by atoms with van der Waals surface area (Å²) in [6.45, 7) is -0.0153. The molecule has 0 radical (unpaired) electrons. The summed E-state index contributed by atoms with van der Waals surface area (Å²) in [6, 6.07) is 13.9. The van der Waals surface area contributed by atoms with Crippen LogP contribution in [0.25, 0.3) is 5.82 Å². The number of carbonyl (C=O) groups excluding carboxylic acids is 1. The highest BCUT2D eigenvalue weighted by atomic mass is 35.5. The van der Waals surface area contributed by atoms with Crippen molar-refractivity contribution in [3.05, 3.63) is 95.2 Å². The number of carbonyl (C=O) groups is 1. The minimum Gasteiger partial charge on any atom is -0.485 e. The first kappa shape index (κ1) is 24.2. The molecule has 4 aromatic rings. The Morgan fingerprint density at radius 2 is 1.91 bits per heavy atom. The van der Waals surface area contributed by atoms with Crippen LogP contribution in [0.15, 0.2) is 73.2 Å². The van der Waals surface area contributed by atoms with E-state index in [1.54, 1.807) is 30.3 Å². The van der Waals surface area contributed by atoms with E-state index >= 15 is 0 Å². The second-order valence-electron chi connectivity index (χ2n) is 7.44. The Bertz CT molecular complexity index is 1490. The van der Waals surface area contributed by atoms with Gasteiger partial charge in [0, 0.05) is 28.7 Å². The predicted molar refractivity (Wildman–Crippen MR) is 130 cm³/mol. The summed E-state index contributed by atoms with van der Waals surface area (Å²) in [5.74, 6) is -0.233. The number of nitrogens with zero attached hydrogens (tertiary/aromatic N) is 3. The van der Waals surface area contributed by atoms with Crippen molar-refractivity contribution in [3.8, 4) is 11.6 Å². The van der Waals surface area contributed by atoms with Crippen LogP contribution in [0.3, 0.4) is 0 Å². The lowest BCUT2D eigenvalue weighted by molar-refractivity contribution is 0.102. The van der Waals surface area contributed by atoms with Crippen LogP contribution in [-0.4, -0.2) is 35.3 Å². The number of amides is 1. The number of sulfonamides is 1. The van der Waals surface area contributed by atoms with E-state index in [1.165, 1.54) is 47.5 Å². The van der Waals surface area contributed by atoms with E-state index in [2.05, 4.69) is 20.1 Å². The van der Waals surface area contributed by atoms with Gasteiger partial charge in [-0.2, -0.15) is 5.10 Å². The van der Waals surface area contributed by atoms with Crippen LogP contribution < -0.4 is 14.8 Å². The van der Waals surface area contributed by atoms with E-state index in [0.717, 1.165) is 6.26 Å². The molecule has 0 unspecified atom stereocenters. The van der Waals surface area contributed by atoms with Gasteiger partial charge in [-0.3, -0.25) is 9.52 Å². The minimum atomic E-state index is -3.52. The Morgan fingerprint density at radius 3 is 2.69 bits per heavy atom. The summed E-state index contributed by atoms with van der Waals surface area (Å²) in [5, 5.41) is 7.07.